The van der Waals surface area contributed by atoms with E-state index in [9.17, 15) is 4.79 Å². The number of anilines is 1. The Hall–Kier alpha value is -1.76. The second-order valence-electron chi connectivity index (χ2n) is 3.93. The average molecular weight is 310 g/mol. The van der Waals surface area contributed by atoms with E-state index in [2.05, 4.69) is 30.9 Å². The van der Waals surface area contributed by atoms with E-state index in [0.717, 1.165) is 5.69 Å². The topological polar surface area (TPSA) is 86.7 Å². The predicted octanol–water partition coefficient (Wildman–Crippen LogP) is 1.04. The van der Waals surface area contributed by atoms with Crippen molar-refractivity contribution in [2.75, 3.05) is 5.73 Å². The van der Waals surface area contributed by atoms with Crippen LogP contribution in [0.5, 0.6) is 0 Å². The van der Waals surface area contributed by atoms with Crippen LogP contribution < -0.4 is 11.3 Å². The Labute approximate surface area is 112 Å². The molecule has 0 aliphatic heterocycles. The fourth-order valence-corrected chi connectivity index (χ4v) is 1.87. The van der Waals surface area contributed by atoms with Crippen molar-refractivity contribution in [3.8, 4) is 0 Å². The molecule has 7 heteroatoms. The molecule has 94 valence electrons. The van der Waals surface area contributed by atoms with Gasteiger partial charge < -0.3 is 5.73 Å². The van der Waals surface area contributed by atoms with Crippen molar-refractivity contribution in [2.45, 2.75) is 20.4 Å². The quantitative estimate of drug-likeness (QED) is 0.895. The zero-order valence-corrected chi connectivity index (χ0v) is 11.6. The van der Waals surface area contributed by atoms with Crippen molar-refractivity contribution in [1.82, 2.24) is 19.5 Å². The van der Waals surface area contributed by atoms with Gasteiger partial charge in [0.05, 0.1) is 18.6 Å². The van der Waals surface area contributed by atoms with Crippen LogP contribution in [0.15, 0.2) is 21.7 Å². The van der Waals surface area contributed by atoms with Crippen molar-refractivity contribution in [2.24, 2.45) is 0 Å². The summed E-state index contributed by atoms with van der Waals surface area (Å²) in [5.74, 6) is 0.886. The van der Waals surface area contributed by atoms with Crippen LogP contribution in [-0.4, -0.2) is 19.5 Å². The van der Waals surface area contributed by atoms with Gasteiger partial charge in [0.15, 0.2) is 5.82 Å². The van der Waals surface area contributed by atoms with Crippen LogP contribution >= 0.6 is 15.9 Å². The molecule has 2 aromatic heterocycles. The third kappa shape index (κ3) is 2.56. The van der Waals surface area contributed by atoms with E-state index in [1.54, 1.807) is 13.0 Å². The first-order valence-electron chi connectivity index (χ1n) is 5.29. The average Bonchev–Trinajstić information content (AvgIpc) is 2.29. The summed E-state index contributed by atoms with van der Waals surface area (Å²) < 4.78 is 1.89. The number of hydrogen-bond donors (Lipinski definition) is 1. The maximum atomic E-state index is 12.0. The van der Waals surface area contributed by atoms with Gasteiger partial charge in [0, 0.05) is 11.8 Å². The van der Waals surface area contributed by atoms with Crippen molar-refractivity contribution < 1.29 is 0 Å². The molecule has 2 N–H and O–H groups in total. The van der Waals surface area contributed by atoms with Crippen LogP contribution in [0, 0.1) is 13.8 Å². The van der Waals surface area contributed by atoms with E-state index in [4.69, 9.17) is 5.73 Å². The minimum atomic E-state index is -0.161. The smallest absolute Gasteiger partial charge is 0.268 e. The SMILES string of the molecule is Cc1cc(N)nc(Cn2cnc(C)c(Br)c2=O)n1. The molecule has 0 saturated carbocycles. The second-order valence-corrected chi connectivity index (χ2v) is 4.72. The third-order valence-corrected chi connectivity index (χ3v) is 3.30. The number of aromatic nitrogens is 4. The molecule has 0 aliphatic carbocycles. The highest BCUT2D eigenvalue weighted by molar-refractivity contribution is 9.10. The summed E-state index contributed by atoms with van der Waals surface area (Å²) >= 11 is 3.21. The Morgan fingerprint density at radius 3 is 2.78 bits per heavy atom. The van der Waals surface area contributed by atoms with E-state index in [0.29, 0.717) is 21.8 Å². The molecular formula is C11H12BrN5O. The fourth-order valence-electron chi connectivity index (χ4n) is 1.54. The van der Waals surface area contributed by atoms with Gasteiger partial charge in [-0.25, -0.2) is 15.0 Å². The minimum absolute atomic E-state index is 0.161. The van der Waals surface area contributed by atoms with Gasteiger partial charge >= 0.3 is 0 Å². The summed E-state index contributed by atoms with van der Waals surface area (Å²) in [5, 5.41) is 0. The molecule has 0 spiro atoms. The standard InChI is InChI=1S/C11H12BrN5O/c1-6-3-8(13)16-9(15-6)4-17-5-14-7(2)10(12)11(17)18/h3,5H,4H2,1-2H3,(H2,13,15,16). The van der Waals surface area contributed by atoms with Crippen LogP contribution in [0.25, 0.3) is 0 Å². The molecule has 18 heavy (non-hydrogen) atoms. The monoisotopic (exact) mass is 309 g/mol. The summed E-state index contributed by atoms with van der Waals surface area (Å²) in [6.07, 6.45) is 1.48. The second kappa shape index (κ2) is 4.85. The van der Waals surface area contributed by atoms with Gasteiger partial charge in [0.25, 0.3) is 5.56 Å². The lowest BCUT2D eigenvalue weighted by molar-refractivity contribution is 0.687. The van der Waals surface area contributed by atoms with Gasteiger partial charge in [-0.3, -0.25) is 9.36 Å². The van der Waals surface area contributed by atoms with Crippen LogP contribution in [0.4, 0.5) is 5.82 Å². The van der Waals surface area contributed by atoms with Crippen molar-refractivity contribution in [1.29, 1.82) is 0 Å². The maximum Gasteiger partial charge on any atom is 0.268 e. The van der Waals surface area contributed by atoms with Crippen molar-refractivity contribution in [3.63, 3.8) is 0 Å². The van der Waals surface area contributed by atoms with E-state index in [1.165, 1.54) is 10.9 Å². The molecular weight excluding hydrogens is 298 g/mol. The number of halogens is 1. The van der Waals surface area contributed by atoms with Crippen LogP contribution in [-0.2, 0) is 6.54 Å². The molecule has 0 fully saturated rings. The molecule has 0 radical (unpaired) electrons. The van der Waals surface area contributed by atoms with Crippen LogP contribution in [0.1, 0.15) is 17.2 Å². The summed E-state index contributed by atoms with van der Waals surface area (Å²) in [7, 11) is 0. The first-order chi connectivity index (χ1) is 8.47. The lowest BCUT2D eigenvalue weighted by atomic mass is 10.4. The molecule has 0 aliphatic rings. The first kappa shape index (κ1) is 12.7. The zero-order valence-electron chi connectivity index (χ0n) is 10.0. The number of nitrogens with two attached hydrogens (primary N) is 1. The molecule has 0 amide bonds. The summed E-state index contributed by atoms with van der Waals surface area (Å²) in [6.45, 7) is 3.83. The number of rotatable bonds is 2. The molecule has 2 aromatic rings. The molecule has 0 saturated heterocycles. The Kier molecular flexibility index (Phi) is 3.42. The lowest BCUT2D eigenvalue weighted by Crippen LogP contribution is -2.23. The molecule has 0 aromatic carbocycles. The lowest BCUT2D eigenvalue weighted by Gasteiger charge is -2.07. The summed E-state index contributed by atoms with van der Waals surface area (Å²) in [4.78, 5) is 24.4. The highest BCUT2D eigenvalue weighted by Gasteiger charge is 2.07. The zero-order chi connectivity index (χ0) is 13.3. The van der Waals surface area contributed by atoms with Gasteiger partial charge in [-0.1, -0.05) is 0 Å². The normalized spacial score (nSPS) is 10.6. The molecule has 2 rings (SSSR count). The first-order valence-corrected chi connectivity index (χ1v) is 6.08. The maximum absolute atomic E-state index is 12.0. The number of nitrogen functional groups attached to an aromatic ring is 1. The molecule has 2 heterocycles. The van der Waals surface area contributed by atoms with Gasteiger partial charge in [-0.15, -0.1) is 0 Å². The van der Waals surface area contributed by atoms with Crippen molar-refractivity contribution in [3.05, 3.63) is 44.4 Å². The Balaban J connectivity index is 2.40. The van der Waals surface area contributed by atoms with E-state index < -0.39 is 0 Å². The van der Waals surface area contributed by atoms with Gasteiger partial charge in [-0.2, -0.15) is 0 Å². The number of aryl methyl sites for hydroxylation is 2. The largest absolute Gasteiger partial charge is 0.384 e. The number of hydrogen-bond acceptors (Lipinski definition) is 5. The van der Waals surface area contributed by atoms with Crippen molar-refractivity contribution >= 4 is 21.7 Å². The molecule has 0 unspecified atom stereocenters. The summed E-state index contributed by atoms with van der Waals surface area (Å²) in [5.41, 5.74) is 6.90. The van der Waals surface area contributed by atoms with Crippen LogP contribution in [0.3, 0.4) is 0 Å². The molecule has 6 nitrogen and oxygen atoms in total. The Morgan fingerprint density at radius 1 is 1.39 bits per heavy atom. The molecule has 0 atom stereocenters. The van der Waals surface area contributed by atoms with Gasteiger partial charge in [-0.05, 0) is 29.8 Å². The highest BCUT2D eigenvalue weighted by atomic mass is 79.9. The fraction of sp³-hybridized carbons (Fsp3) is 0.273. The Morgan fingerprint density at radius 2 is 2.11 bits per heavy atom. The Bertz CT molecular complexity index is 632. The van der Waals surface area contributed by atoms with Gasteiger partial charge in [0.2, 0.25) is 0 Å². The van der Waals surface area contributed by atoms with Gasteiger partial charge in [0.1, 0.15) is 10.3 Å². The van der Waals surface area contributed by atoms with E-state index in [1.807, 2.05) is 6.92 Å². The van der Waals surface area contributed by atoms with E-state index in [-0.39, 0.29) is 12.1 Å². The number of nitrogens with zero attached hydrogens (tertiary/aromatic N) is 4. The third-order valence-electron chi connectivity index (χ3n) is 2.39. The van der Waals surface area contributed by atoms with Crippen LogP contribution in [0.2, 0.25) is 0 Å². The minimum Gasteiger partial charge on any atom is -0.384 e. The predicted molar refractivity (Wildman–Crippen MR) is 71.2 cm³/mol. The highest BCUT2D eigenvalue weighted by Crippen LogP contribution is 2.07. The van der Waals surface area contributed by atoms with E-state index >= 15 is 0 Å². The molecule has 0 bridgehead atoms. The summed E-state index contributed by atoms with van der Waals surface area (Å²) in [6, 6.07) is 1.68.